The summed E-state index contributed by atoms with van der Waals surface area (Å²) in [5.74, 6) is -1.68. The summed E-state index contributed by atoms with van der Waals surface area (Å²) in [5, 5.41) is 14.4. The van der Waals surface area contributed by atoms with E-state index in [1.54, 1.807) is 0 Å². The first-order valence-corrected chi connectivity index (χ1v) is 9.89. The molecule has 30 heavy (non-hydrogen) atoms. The van der Waals surface area contributed by atoms with Crippen molar-refractivity contribution in [1.82, 2.24) is 15.4 Å². The second-order valence-corrected chi connectivity index (χ2v) is 8.12. The van der Waals surface area contributed by atoms with Gasteiger partial charge in [-0.2, -0.15) is 13.2 Å². The number of alkyl halides is 3. The van der Waals surface area contributed by atoms with Gasteiger partial charge in [0.25, 0.3) is 0 Å². The van der Waals surface area contributed by atoms with Crippen molar-refractivity contribution in [2.24, 2.45) is 5.41 Å². The number of aromatic nitrogens is 1. The fourth-order valence-corrected chi connectivity index (χ4v) is 4.00. The molecular weight excluding hydrogens is 407 g/mol. The van der Waals surface area contributed by atoms with Crippen LogP contribution in [0.2, 0.25) is 0 Å². The van der Waals surface area contributed by atoms with Gasteiger partial charge < -0.3 is 19.7 Å². The number of aliphatic carboxylic acids is 1. The number of rotatable bonds is 4. The SMILES string of the molecule is Cc1noc(C)c1CN1CC[C@H]2OCC[C@@]2(C(=O)NC2CC2)C1.O=C(O)C(F)(F)F. The maximum absolute atomic E-state index is 12.9. The number of hydrogen-bond donors (Lipinski definition) is 2. The zero-order chi connectivity index (χ0) is 22.1. The van der Waals surface area contributed by atoms with Gasteiger partial charge in [0.05, 0.1) is 17.2 Å². The maximum atomic E-state index is 12.9. The lowest BCUT2D eigenvalue weighted by Gasteiger charge is -2.42. The van der Waals surface area contributed by atoms with Crippen LogP contribution in [0.25, 0.3) is 0 Å². The van der Waals surface area contributed by atoms with Crippen LogP contribution >= 0.6 is 0 Å². The number of nitrogens with one attached hydrogen (secondary N) is 1. The second kappa shape index (κ2) is 8.54. The van der Waals surface area contributed by atoms with Crippen LogP contribution in [0, 0.1) is 19.3 Å². The van der Waals surface area contributed by atoms with Gasteiger partial charge in [-0.15, -0.1) is 0 Å². The number of hydrogen-bond acceptors (Lipinski definition) is 6. The minimum Gasteiger partial charge on any atom is -0.475 e. The van der Waals surface area contributed by atoms with Crippen molar-refractivity contribution >= 4 is 11.9 Å². The fourth-order valence-electron chi connectivity index (χ4n) is 4.00. The molecule has 3 fully saturated rings. The predicted molar refractivity (Wildman–Crippen MR) is 97.5 cm³/mol. The predicted octanol–water partition coefficient (Wildman–Crippen LogP) is 2.18. The summed E-state index contributed by atoms with van der Waals surface area (Å²) in [5.41, 5.74) is 1.73. The van der Waals surface area contributed by atoms with Crippen molar-refractivity contribution in [2.45, 2.75) is 64.4 Å². The standard InChI is InChI=1S/C17H25N3O3.C2HF3O2/c1-11-14(12(2)23-19-11)9-20-7-5-15-17(10-20,6-8-22-15)16(21)18-13-3-4-13;3-2(4,5)1(6)7/h13,15H,3-10H2,1-2H3,(H,18,21);(H,6,7)/t15-,17-;/m1./s1. The lowest BCUT2D eigenvalue weighted by molar-refractivity contribution is -0.192. The van der Waals surface area contributed by atoms with E-state index in [1.807, 2.05) is 13.8 Å². The topological polar surface area (TPSA) is 105 Å². The van der Waals surface area contributed by atoms with Crippen LogP contribution in [-0.2, 0) is 20.9 Å². The first-order chi connectivity index (χ1) is 14.0. The van der Waals surface area contributed by atoms with Gasteiger partial charge in [-0.1, -0.05) is 5.16 Å². The van der Waals surface area contributed by atoms with E-state index in [0.717, 1.165) is 62.3 Å². The van der Waals surface area contributed by atoms with Crippen molar-refractivity contribution in [1.29, 1.82) is 0 Å². The summed E-state index contributed by atoms with van der Waals surface area (Å²) >= 11 is 0. The molecule has 1 aromatic heterocycles. The van der Waals surface area contributed by atoms with E-state index in [4.69, 9.17) is 19.2 Å². The van der Waals surface area contributed by atoms with Gasteiger partial charge in [-0.05, 0) is 39.5 Å². The Balaban J connectivity index is 0.000000318. The summed E-state index contributed by atoms with van der Waals surface area (Å²) in [6, 6.07) is 0.399. The van der Waals surface area contributed by atoms with Crippen LogP contribution in [0.5, 0.6) is 0 Å². The van der Waals surface area contributed by atoms with E-state index in [-0.39, 0.29) is 17.4 Å². The Hall–Kier alpha value is -2.14. The highest BCUT2D eigenvalue weighted by Gasteiger charge is 2.53. The van der Waals surface area contributed by atoms with Gasteiger partial charge >= 0.3 is 12.1 Å². The Morgan fingerprint density at radius 2 is 1.97 bits per heavy atom. The summed E-state index contributed by atoms with van der Waals surface area (Å²) in [4.78, 5) is 24.1. The number of carboxylic acids is 1. The maximum Gasteiger partial charge on any atom is 0.490 e. The summed E-state index contributed by atoms with van der Waals surface area (Å²) in [6.07, 6.45) is -1.02. The van der Waals surface area contributed by atoms with E-state index in [1.165, 1.54) is 0 Å². The third-order valence-electron chi connectivity index (χ3n) is 5.87. The highest BCUT2D eigenvalue weighted by Crippen LogP contribution is 2.42. The third kappa shape index (κ3) is 4.94. The van der Waals surface area contributed by atoms with Crippen molar-refractivity contribution in [2.75, 3.05) is 19.7 Å². The zero-order valence-corrected chi connectivity index (χ0v) is 16.9. The number of nitrogens with zero attached hydrogens (tertiary/aromatic N) is 2. The number of amides is 1. The third-order valence-corrected chi connectivity index (χ3v) is 5.87. The Bertz CT molecular complexity index is 773. The number of likely N-dealkylation sites (tertiary alicyclic amines) is 1. The molecule has 0 spiro atoms. The number of carboxylic acid groups (broad SMARTS) is 1. The molecule has 11 heteroatoms. The van der Waals surface area contributed by atoms with Gasteiger partial charge in [0.1, 0.15) is 5.76 Å². The molecule has 0 bridgehead atoms. The van der Waals surface area contributed by atoms with Crippen LogP contribution in [0.1, 0.15) is 42.7 Å². The Morgan fingerprint density at radius 3 is 2.50 bits per heavy atom. The number of fused-ring (bicyclic) bond motifs is 1. The van der Waals surface area contributed by atoms with Crippen LogP contribution in [-0.4, -0.2) is 65.1 Å². The number of ether oxygens (including phenoxy) is 1. The number of halogens is 3. The van der Waals surface area contributed by atoms with E-state index in [9.17, 15) is 18.0 Å². The first kappa shape index (κ1) is 22.5. The Kier molecular flexibility index (Phi) is 6.42. The molecule has 4 rings (SSSR count). The van der Waals surface area contributed by atoms with Gasteiger partial charge in [0, 0.05) is 37.8 Å². The Labute approximate surface area is 171 Å². The quantitative estimate of drug-likeness (QED) is 0.750. The largest absolute Gasteiger partial charge is 0.490 e. The average molecular weight is 433 g/mol. The van der Waals surface area contributed by atoms with Crippen LogP contribution in [0.4, 0.5) is 13.2 Å². The molecule has 0 unspecified atom stereocenters. The number of aryl methyl sites for hydroxylation is 2. The number of carbonyl (C=O) groups excluding carboxylic acids is 1. The van der Waals surface area contributed by atoms with Gasteiger partial charge in [-0.3, -0.25) is 9.69 Å². The molecule has 2 N–H and O–H groups in total. The van der Waals surface area contributed by atoms with Gasteiger partial charge in [-0.25, -0.2) is 4.79 Å². The lowest BCUT2D eigenvalue weighted by atomic mass is 9.75. The highest BCUT2D eigenvalue weighted by molar-refractivity contribution is 5.84. The van der Waals surface area contributed by atoms with Crippen molar-refractivity contribution in [3.63, 3.8) is 0 Å². The van der Waals surface area contributed by atoms with Crippen molar-refractivity contribution in [3.8, 4) is 0 Å². The molecule has 2 atom stereocenters. The van der Waals surface area contributed by atoms with Crippen molar-refractivity contribution < 1.29 is 37.1 Å². The number of carbonyl (C=O) groups is 2. The minimum atomic E-state index is -5.08. The molecule has 0 aromatic carbocycles. The van der Waals surface area contributed by atoms with E-state index < -0.39 is 12.1 Å². The van der Waals surface area contributed by atoms with Crippen LogP contribution < -0.4 is 5.32 Å². The molecule has 2 saturated heterocycles. The van der Waals surface area contributed by atoms with E-state index in [0.29, 0.717) is 12.6 Å². The molecule has 3 aliphatic rings. The van der Waals surface area contributed by atoms with E-state index in [2.05, 4.69) is 15.4 Å². The van der Waals surface area contributed by atoms with Crippen LogP contribution in [0.3, 0.4) is 0 Å². The molecule has 3 heterocycles. The minimum absolute atomic E-state index is 0.0715. The summed E-state index contributed by atoms with van der Waals surface area (Å²) in [7, 11) is 0. The molecule has 1 aliphatic carbocycles. The van der Waals surface area contributed by atoms with Gasteiger partial charge in [0.2, 0.25) is 5.91 Å². The molecule has 8 nitrogen and oxygen atoms in total. The normalized spacial score (nSPS) is 26.5. The molecule has 1 aromatic rings. The fraction of sp³-hybridized carbons (Fsp3) is 0.737. The van der Waals surface area contributed by atoms with E-state index >= 15 is 0 Å². The lowest BCUT2D eigenvalue weighted by Crippen LogP contribution is -2.57. The average Bonchev–Trinajstić information content (AvgIpc) is 3.29. The molecule has 0 radical (unpaired) electrons. The molecule has 1 saturated carbocycles. The molecule has 168 valence electrons. The smallest absolute Gasteiger partial charge is 0.475 e. The summed E-state index contributed by atoms with van der Waals surface area (Å²) in [6.45, 7) is 7.14. The Morgan fingerprint density at radius 1 is 1.30 bits per heavy atom. The highest BCUT2D eigenvalue weighted by atomic mass is 19.4. The first-order valence-electron chi connectivity index (χ1n) is 9.89. The number of piperidine rings is 1. The monoisotopic (exact) mass is 433 g/mol. The zero-order valence-electron chi connectivity index (χ0n) is 16.9. The summed E-state index contributed by atoms with van der Waals surface area (Å²) < 4.78 is 42.9. The molecule has 2 aliphatic heterocycles. The second-order valence-electron chi connectivity index (χ2n) is 8.12. The van der Waals surface area contributed by atoms with Gasteiger partial charge in [0.15, 0.2) is 0 Å². The van der Waals surface area contributed by atoms with Crippen LogP contribution in [0.15, 0.2) is 4.52 Å². The molecule has 1 amide bonds. The molecular formula is C19H26F3N3O5. The van der Waals surface area contributed by atoms with Crippen molar-refractivity contribution in [3.05, 3.63) is 17.0 Å².